The molecule has 2 saturated heterocycles. The SMILES string of the molecule is CN1CCN(S(=O)(=O)N2CC(=CC#N)C2)CC1. The van der Waals surface area contributed by atoms with Crippen LogP contribution in [0.5, 0.6) is 0 Å². The van der Waals surface area contributed by atoms with E-state index in [-0.39, 0.29) is 0 Å². The molecule has 6 nitrogen and oxygen atoms in total. The average Bonchev–Trinajstić information content (AvgIpc) is 2.23. The summed E-state index contributed by atoms with van der Waals surface area (Å²) < 4.78 is 27.2. The molecule has 0 saturated carbocycles. The van der Waals surface area contributed by atoms with Crippen molar-refractivity contribution in [2.45, 2.75) is 0 Å². The van der Waals surface area contributed by atoms with Gasteiger partial charge in [0, 0.05) is 45.3 Å². The summed E-state index contributed by atoms with van der Waals surface area (Å²) in [6.45, 7) is 3.37. The molecule has 0 aliphatic carbocycles. The fourth-order valence-electron chi connectivity index (χ4n) is 1.93. The first-order chi connectivity index (χ1) is 8.04. The maximum atomic E-state index is 12.1. The average molecular weight is 256 g/mol. The Morgan fingerprint density at radius 1 is 1.18 bits per heavy atom. The highest BCUT2D eigenvalue weighted by molar-refractivity contribution is 7.86. The third-order valence-electron chi connectivity index (χ3n) is 3.14. The van der Waals surface area contributed by atoms with Crippen LogP contribution in [0.25, 0.3) is 0 Å². The van der Waals surface area contributed by atoms with Crippen molar-refractivity contribution in [2.24, 2.45) is 0 Å². The van der Waals surface area contributed by atoms with Crippen LogP contribution in [-0.4, -0.2) is 68.2 Å². The summed E-state index contributed by atoms with van der Waals surface area (Å²) in [5.41, 5.74) is 0.880. The van der Waals surface area contributed by atoms with Crippen molar-refractivity contribution >= 4 is 10.2 Å². The maximum absolute atomic E-state index is 12.1. The molecule has 2 rings (SSSR count). The Kier molecular flexibility index (Phi) is 3.49. The molecule has 2 aliphatic rings. The van der Waals surface area contributed by atoms with E-state index in [9.17, 15) is 8.42 Å². The van der Waals surface area contributed by atoms with Gasteiger partial charge in [-0.25, -0.2) is 0 Å². The predicted octanol–water partition coefficient (Wildman–Crippen LogP) is -0.756. The van der Waals surface area contributed by atoms with Gasteiger partial charge in [0.25, 0.3) is 10.2 Å². The minimum Gasteiger partial charge on any atom is -0.304 e. The van der Waals surface area contributed by atoms with Crippen molar-refractivity contribution in [3.8, 4) is 6.07 Å². The molecule has 2 aliphatic heterocycles. The number of hydrogen-bond acceptors (Lipinski definition) is 4. The molecule has 0 amide bonds. The summed E-state index contributed by atoms with van der Waals surface area (Å²) in [5, 5.41) is 8.46. The molecule has 0 aromatic carbocycles. The van der Waals surface area contributed by atoms with Gasteiger partial charge in [-0.15, -0.1) is 0 Å². The molecule has 0 spiro atoms. The standard InChI is InChI=1S/C10H16N4O2S/c1-12-4-6-13(7-5-12)17(15,16)14-8-10(9-14)2-3-11/h2H,4-9H2,1H3. The molecule has 2 heterocycles. The van der Waals surface area contributed by atoms with Gasteiger partial charge in [0.05, 0.1) is 6.07 Å². The lowest BCUT2D eigenvalue weighted by Gasteiger charge is -2.39. The van der Waals surface area contributed by atoms with Crippen molar-refractivity contribution in [2.75, 3.05) is 46.3 Å². The first-order valence-electron chi connectivity index (χ1n) is 5.55. The molecule has 0 radical (unpaired) electrons. The molecular formula is C10H16N4O2S. The monoisotopic (exact) mass is 256 g/mol. The first-order valence-corrected chi connectivity index (χ1v) is 6.95. The molecule has 0 aromatic heterocycles. The van der Waals surface area contributed by atoms with Gasteiger partial charge in [0.1, 0.15) is 0 Å². The van der Waals surface area contributed by atoms with Crippen molar-refractivity contribution in [3.05, 3.63) is 11.6 Å². The summed E-state index contributed by atoms with van der Waals surface area (Å²) >= 11 is 0. The van der Waals surface area contributed by atoms with Crippen molar-refractivity contribution < 1.29 is 8.42 Å². The molecule has 94 valence electrons. The number of nitrogens with zero attached hydrogens (tertiary/aromatic N) is 4. The number of likely N-dealkylation sites (N-methyl/N-ethyl adjacent to an activating group) is 1. The van der Waals surface area contributed by atoms with Crippen molar-refractivity contribution in [1.82, 2.24) is 13.5 Å². The summed E-state index contributed by atoms with van der Waals surface area (Å²) in [7, 11) is -1.32. The van der Waals surface area contributed by atoms with Crippen LogP contribution >= 0.6 is 0 Å². The minimum atomic E-state index is -3.31. The lowest BCUT2D eigenvalue weighted by Crippen LogP contribution is -2.56. The summed E-state index contributed by atoms with van der Waals surface area (Å²) in [6.07, 6.45) is 1.43. The van der Waals surface area contributed by atoms with E-state index in [4.69, 9.17) is 5.26 Å². The van der Waals surface area contributed by atoms with E-state index in [1.807, 2.05) is 13.1 Å². The van der Waals surface area contributed by atoms with Gasteiger partial charge in [-0.05, 0) is 12.6 Å². The molecular weight excluding hydrogens is 240 g/mol. The Hall–Kier alpha value is -0.940. The summed E-state index contributed by atoms with van der Waals surface area (Å²) in [6, 6.07) is 1.92. The van der Waals surface area contributed by atoms with Crippen molar-refractivity contribution in [3.63, 3.8) is 0 Å². The highest BCUT2D eigenvalue weighted by atomic mass is 32.2. The molecule has 0 unspecified atom stereocenters. The number of piperazine rings is 1. The van der Waals surface area contributed by atoms with E-state index in [1.54, 1.807) is 0 Å². The highest BCUT2D eigenvalue weighted by Gasteiger charge is 2.36. The van der Waals surface area contributed by atoms with Crippen LogP contribution in [0.3, 0.4) is 0 Å². The van der Waals surface area contributed by atoms with E-state index in [0.717, 1.165) is 18.7 Å². The second kappa shape index (κ2) is 4.74. The smallest absolute Gasteiger partial charge is 0.282 e. The Morgan fingerprint density at radius 2 is 1.76 bits per heavy atom. The summed E-state index contributed by atoms with van der Waals surface area (Å²) in [5.74, 6) is 0. The van der Waals surface area contributed by atoms with Gasteiger partial charge in [-0.1, -0.05) is 0 Å². The predicted molar refractivity (Wildman–Crippen MR) is 63.3 cm³/mol. The van der Waals surface area contributed by atoms with E-state index in [0.29, 0.717) is 26.2 Å². The van der Waals surface area contributed by atoms with Crippen molar-refractivity contribution in [1.29, 1.82) is 5.26 Å². The van der Waals surface area contributed by atoms with Gasteiger partial charge in [-0.3, -0.25) is 0 Å². The second-order valence-corrected chi connectivity index (χ2v) is 6.34. The fraction of sp³-hybridized carbons (Fsp3) is 0.700. The van der Waals surface area contributed by atoms with Crippen LogP contribution in [-0.2, 0) is 10.2 Å². The van der Waals surface area contributed by atoms with Gasteiger partial charge in [0.15, 0.2) is 0 Å². The number of nitriles is 1. The van der Waals surface area contributed by atoms with Crippen LogP contribution in [0.1, 0.15) is 0 Å². The number of rotatable bonds is 2. The zero-order valence-corrected chi connectivity index (χ0v) is 10.7. The molecule has 0 aromatic rings. The lowest BCUT2D eigenvalue weighted by molar-refractivity contribution is 0.209. The van der Waals surface area contributed by atoms with E-state index >= 15 is 0 Å². The maximum Gasteiger partial charge on any atom is 0.282 e. The van der Waals surface area contributed by atoms with Crippen LogP contribution in [0, 0.1) is 11.3 Å². The Bertz CT molecular complexity index is 449. The lowest BCUT2D eigenvalue weighted by atomic mass is 10.1. The molecule has 2 fully saturated rings. The topological polar surface area (TPSA) is 67.7 Å². The van der Waals surface area contributed by atoms with Gasteiger partial charge >= 0.3 is 0 Å². The van der Waals surface area contributed by atoms with E-state index in [1.165, 1.54) is 14.7 Å². The second-order valence-electron chi connectivity index (χ2n) is 4.41. The zero-order chi connectivity index (χ0) is 12.5. The van der Waals surface area contributed by atoms with Crippen LogP contribution in [0.4, 0.5) is 0 Å². The molecule has 7 heteroatoms. The Balaban J connectivity index is 1.97. The van der Waals surface area contributed by atoms with Gasteiger partial charge < -0.3 is 4.90 Å². The summed E-state index contributed by atoms with van der Waals surface area (Å²) in [4.78, 5) is 2.11. The molecule has 0 atom stereocenters. The fourth-order valence-corrected chi connectivity index (χ4v) is 3.54. The number of hydrogen-bond donors (Lipinski definition) is 0. The number of allylic oxidation sites excluding steroid dienone is 1. The third-order valence-corrected chi connectivity index (χ3v) is 5.07. The molecule has 17 heavy (non-hydrogen) atoms. The third kappa shape index (κ3) is 2.50. The van der Waals surface area contributed by atoms with E-state index in [2.05, 4.69) is 4.90 Å². The highest BCUT2D eigenvalue weighted by Crippen LogP contribution is 2.21. The van der Waals surface area contributed by atoms with E-state index < -0.39 is 10.2 Å². The Labute approximate surface area is 102 Å². The zero-order valence-electron chi connectivity index (χ0n) is 9.83. The van der Waals surface area contributed by atoms with Gasteiger partial charge in [-0.2, -0.15) is 22.3 Å². The molecule has 0 bridgehead atoms. The molecule has 0 N–H and O–H groups in total. The van der Waals surface area contributed by atoms with Crippen LogP contribution in [0.15, 0.2) is 11.6 Å². The Morgan fingerprint density at radius 3 is 2.29 bits per heavy atom. The minimum absolute atomic E-state index is 0.363. The quantitative estimate of drug-likeness (QED) is 0.609. The van der Waals surface area contributed by atoms with Gasteiger partial charge in [0.2, 0.25) is 0 Å². The normalized spacial score (nSPS) is 24.1. The largest absolute Gasteiger partial charge is 0.304 e. The van der Waals surface area contributed by atoms with Crippen LogP contribution in [0.2, 0.25) is 0 Å². The first kappa shape index (κ1) is 12.5. The van der Waals surface area contributed by atoms with Crippen LogP contribution < -0.4 is 0 Å².